The predicted molar refractivity (Wildman–Crippen MR) is 102 cm³/mol. The Balaban J connectivity index is 1.92. The van der Waals surface area contributed by atoms with Gasteiger partial charge in [0.25, 0.3) is 10.0 Å². The highest BCUT2D eigenvalue weighted by molar-refractivity contribution is 8.00. The zero-order chi connectivity index (χ0) is 18.0. The lowest BCUT2D eigenvalue weighted by atomic mass is 10.1. The van der Waals surface area contributed by atoms with Gasteiger partial charge in [-0.15, -0.1) is 4.40 Å². The minimum absolute atomic E-state index is 0.170. The highest BCUT2D eigenvalue weighted by Crippen LogP contribution is 2.34. The third-order valence-corrected chi connectivity index (χ3v) is 5.40. The first kappa shape index (κ1) is 17.5. The van der Waals surface area contributed by atoms with Crippen LogP contribution in [0.4, 0.5) is 5.69 Å². The van der Waals surface area contributed by atoms with Gasteiger partial charge in [0.15, 0.2) is 0 Å². The molecule has 0 amide bonds. The van der Waals surface area contributed by atoms with Crippen LogP contribution in [0.15, 0.2) is 58.5 Å². The van der Waals surface area contributed by atoms with Gasteiger partial charge >= 0.3 is 0 Å². The summed E-state index contributed by atoms with van der Waals surface area (Å²) in [5, 5.41) is 3.53. The largest absolute Gasteiger partial charge is 0.494 e. The Morgan fingerprint density at radius 3 is 2.52 bits per heavy atom. The monoisotopic (exact) mass is 376 g/mol. The fourth-order valence-corrected chi connectivity index (χ4v) is 4.20. The van der Waals surface area contributed by atoms with E-state index in [4.69, 9.17) is 16.3 Å². The molecule has 1 aliphatic heterocycles. The summed E-state index contributed by atoms with van der Waals surface area (Å²) in [5.41, 5.74) is 1.80. The lowest BCUT2D eigenvalue weighted by Gasteiger charge is -2.08. The summed E-state index contributed by atoms with van der Waals surface area (Å²) in [6, 6.07) is 14.0. The molecular weight excluding hydrogens is 360 g/mol. The van der Waals surface area contributed by atoms with Crippen molar-refractivity contribution in [2.45, 2.75) is 13.8 Å². The molecule has 5 nitrogen and oxygen atoms in total. The van der Waals surface area contributed by atoms with Crippen molar-refractivity contribution in [3.05, 3.63) is 64.7 Å². The van der Waals surface area contributed by atoms with Gasteiger partial charge in [0, 0.05) is 16.3 Å². The van der Waals surface area contributed by atoms with Crippen LogP contribution in [-0.2, 0) is 10.0 Å². The molecule has 0 unspecified atom stereocenters. The van der Waals surface area contributed by atoms with Crippen molar-refractivity contribution in [2.24, 2.45) is 4.40 Å². The number of ether oxygens (including phenoxy) is 1. The number of sulfonamides is 1. The summed E-state index contributed by atoms with van der Waals surface area (Å²) in [6.45, 7) is 4.22. The van der Waals surface area contributed by atoms with E-state index in [1.807, 2.05) is 31.2 Å². The first-order valence-electron chi connectivity index (χ1n) is 7.73. The number of anilines is 1. The van der Waals surface area contributed by atoms with E-state index in [0.717, 1.165) is 11.4 Å². The van der Waals surface area contributed by atoms with E-state index >= 15 is 0 Å². The highest BCUT2D eigenvalue weighted by atomic mass is 35.5. The summed E-state index contributed by atoms with van der Waals surface area (Å²) in [7, 11) is -3.77. The third kappa shape index (κ3) is 3.70. The minimum atomic E-state index is -3.77. The van der Waals surface area contributed by atoms with Gasteiger partial charge in [0.05, 0.1) is 6.61 Å². The fourth-order valence-electron chi connectivity index (χ4n) is 2.58. The molecule has 7 heteroatoms. The van der Waals surface area contributed by atoms with Gasteiger partial charge in [0.1, 0.15) is 16.5 Å². The van der Waals surface area contributed by atoms with E-state index in [9.17, 15) is 8.42 Å². The summed E-state index contributed by atoms with van der Waals surface area (Å²) in [6.07, 6.45) is 0. The lowest BCUT2D eigenvalue weighted by molar-refractivity contribution is 0.340. The zero-order valence-electron chi connectivity index (χ0n) is 13.8. The molecule has 0 aliphatic carbocycles. The molecule has 0 fully saturated rings. The highest BCUT2D eigenvalue weighted by Gasteiger charge is 2.31. The quantitative estimate of drug-likeness (QED) is 0.862. The normalized spacial score (nSPS) is 15.9. The summed E-state index contributed by atoms with van der Waals surface area (Å²) in [5.74, 6) is 1.06. The fraction of sp³-hybridized carbons (Fsp3) is 0.167. The summed E-state index contributed by atoms with van der Waals surface area (Å²) < 4.78 is 34.2. The van der Waals surface area contributed by atoms with E-state index in [-0.39, 0.29) is 4.91 Å². The Morgan fingerprint density at radius 1 is 1.16 bits per heavy atom. The number of rotatable bonds is 4. The molecule has 0 radical (unpaired) electrons. The van der Waals surface area contributed by atoms with Crippen molar-refractivity contribution in [3.63, 3.8) is 0 Å². The van der Waals surface area contributed by atoms with Gasteiger partial charge in [-0.05, 0) is 55.8 Å². The average molecular weight is 377 g/mol. The van der Waals surface area contributed by atoms with E-state index < -0.39 is 10.0 Å². The van der Waals surface area contributed by atoms with Crippen LogP contribution in [0, 0.1) is 0 Å². The van der Waals surface area contributed by atoms with Crippen molar-refractivity contribution in [3.8, 4) is 5.75 Å². The van der Waals surface area contributed by atoms with E-state index in [1.54, 1.807) is 31.2 Å². The Hall–Kier alpha value is -2.31. The molecule has 0 atom stereocenters. The molecule has 0 saturated carbocycles. The van der Waals surface area contributed by atoms with Gasteiger partial charge in [-0.1, -0.05) is 23.7 Å². The molecule has 0 spiro atoms. The van der Waals surface area contributed by atoms with Crippen molar-refractivity contribution in [1.29, 1.82) is 0 Å². The average Bonchev–Trinajstić information content (AvgIpc) is 2.78. The van der Waals surface area contributed by atoms with Crippen LogP contribution in [0.2, 0.25) is 5.02 Å². The maximum Gasteiger partial charge on any atom is 0.285 e. The Kier molecular flexibility index (Phi) is 4.83. The van der Waals surface area contributed by atoms with Crippen LogP contribution in [-0.4, -0.2) is 20.9 Å². The van der Waals surface area contributed by atoms with Crippen LogP contribution >= 0.6 is 11.6 Å². The lowest BCUT2D eigenvalue weighted by Crippen LogP contribution is -2.11. The molecule has 2 aromatic rings. The standard InChI is InChI=1S/C18H17ClN2O3S/c1-3-24-16-9-7-15(8-10-16)20-18-12(2)17(25(22,23)21-18)13-5-4-6-14(19)11-13/h4-11H,3H2,1-2H3,(H,20,21). The second-order valence-corrected chi connectivity index (χ2v) is 7.44. The maximum atomic E-state index is 12.5. The second-order valence-electron chi connectivity index (χ2n) is 5.46. The molecule has 1 aliphatic rings. The second kappa shape index (κ2) is 6.90. The summed E-state index contributed by atoms with van der Waals surface area (Å²) >= 11 is 5.99. The summed E-state index contributed by atoms with van der Waals surface area (Å²) in [4.78, 5) is 0.170. The van der Waals surface area contributed by atoms with Crippen LogP contribution in [0.25, 0.3) is 4.91 Å². The molecule has 0 aromatic heterocycles. The van der Waals surface area contributed by atoms with Crippen LogP contribution in [0.3, 0.4) is 0 Å². The van der Waals surface area contributed by atoms with Crippen LogP contribution in [0.5, 0.6) is 5.75 Å². The van der Waals surface area contributed by atoms with Gasteiger partial charge in [-0.3, -0.25) is 0 Å². The molecule has 25 heavy (non-hydrogen) atoms. The van der Waals surface area contributed by atoms with Crippen molar-refractivity contribution in [1.82, 2.24) is 0 Å². The maximum absolute atomic E-state index is 12.5. The molecule has 1 heterocycles. The van der Waals surface area contributed by atoms with E-state index in [1.165, 1.54) is 0 Å². The molecule has 1 N–H and O–H groups in total. The zero-order valence-corrected chi connectivity index (χ0v) is 15.4. The third-order valence-electron chi connectivity index (χ3n) is 3.68. The topological polar surface area (TPSA) is 67.8 Å². The number of hydrogen-bond acceptors (Lipinski definition) is 4. The molecular formula is C18H17ClN2O3S. The first-order valence-corrected chi connectivity index (χ1v) is 9.54. The van der Waals surface area contributed by atoms with Crippen LogP contribution in [0.1, 0.15) is 19.4 Å². The van der Waals surface area contributed by atoms with E-state index in [0.29, 0.717) is 28.6 Å². The first-order chi connectivity index (χ1) is 11.9. The molecule has 0 saturated heterocycles. The van der Waals surface area contributed by atoms with Gasteiger partial charge in [-0.2, -0.15) is 8.42 Å². The Morgan fingerprint density at radius 2 is 1.88 bits per heavy atom. The minimum Gasteiger partial charge on any atom is -0.494 e. The van der Waals surface area contributed by atoms with Gasteiger partial charge < -0.3 is 10.1 Å². The Labute approximate surface area is 152 Å². The molecule has 3 rings (SSSR count). The van der Waals surface area contributed by atoms with Gasteiger partial charge in [0.2, 0.25) is 0 Å². The number of hydrogen-bond donors (Lipinski definition) is 1. The van der Waals surface area contributed by atoms with E-state index in [2.05, 4.69) is 9.71 Å². The number of amidine groups is 1. The van der Waals surface area contributed by atoms with Crippen molar-refractivity contribution in [2.75, 3.05) is 11.9 Å². The number of nitrogens with zero attached hydrogens (tertiary/aromatic N) is 1. The SMILES string of the molecule is CCOc1ccc(NC2=NS(=O)(=O)C(c3cccc(Cl)c3)=C2C)cc1. The van der Waals surface area contributed by atoms with Gasteiger partial charge in [-0.25, -0.2) is 0 Å². The molecule has 0 bridgehead atoms. The molecule has 130 valence electrons. The number of benzene rings is 2. The van der Waals surface area contributed by atoms with Crippen LogP contribution < -0.4 is 10.1 Å². The number of nitrogens with one attached hydrogen (secondary N) is 1. The smallest absolute Gasteiger partial charge is 0.285 e. The molecule has 2 aromatic carbocycles. The predicted octanol–water partition coefficient (Wildman–Crippen LogP) is 4.32. The van der Waals surface area contributed by atoms with Crippen molar-refractivity contribution < 1.29 is 13.2 Å². The van der Waals surface area contributed by atoms with Crippen molar-refractivity contribution >= 4 is 38.1 Å². The Bertz CT molecular complexity index is 964. The number of halogens is 1.